The molecule has 3 rings (SSSR count). The fourth-order valence-corrected chi connectivity index (χ4v) is 3.03. The van der Waals surface area contributed by atoms with Gasteiger partial charge in [-0.1, -0.05) is 17.7 Å². The van der Waals surface area contributed by atoms with Crippen molar-refractivity contribution in [2.24, 2.45) is 0 Å². The van der Waals surface area contributed by atoms with Crippen molar-refractivity contribution in [2.75, 3.05) is 44.2 Å². The van der Waals surface area contributed by atoms with Gasteiger partial charge in [0, 0.05) is 38.4 Å². The van der Waals surface area contributed by atoms with E-state index in [1.54, 1.807) is 24.3 Å². The molecular weight excluding hydrogens is 341 g/mol. The van der Waals surface area contributed by atoms with Crippen LogP contribution in [0, 0.1) is 17.1 Å². The standard InChI is InChI=1S/C19H19ClFN3O/c20-18-13-16(4-5-19(18)21)24-8-6-23(7-9-24)10-11-25-17-3-1-2-15(12-17)14-22/h1-5,12-13H,6-11H2. The first kappa shape index (κ1) is 17.5. The quantitative estimate of drug-likeness (QED) is 0.818. The van der Waals surface area contributed by atoms with Crippen molar-refractivity contribution in [1.82, 2.24) is 4.90 Å². The largest absolute Gasteiger partial charge is 0.492 e. The minimum Gasteiger partial charge on any atom is -0.492 e. The molecule has 0 amide bonds. The van der Waals surface area contributed by atoms with Crippen molar-refractivity contribution in [3.8, 4) is 11.8 Å². The van der Waals surface area contributed by atoms with Crippen LogP contribution in [-0.4, -0.2) is 44.2 Å². The van der Waals surface area contributed by atoms with Gasteiger partial charge in [-0.15, -0.1) is 0 Å². The predicted molar refractivity (Wildman–Crippen MR) is 96.7 cm³/mol. The van der Waals surface area contributed by atoms with E-state index in [-0.39, 0.29) is 10.8 Å². The molecule has 0 N–H and O–H groups in total. The Balaban J connectivity index is 1.44. The van der Waals surface area contributed by atoms with Gasteiger partial charge in [-0.2, -0.15) is 5.26 Å². The molecule has 1 heterocycles. The summed E-state index contributed by atoms with van der Waals surface area (Å²) in [4.78, 5) is 4.54. The van der Waals surface area contributed by atoms with Crippen LogP contribution in [0.1, 0.15) is 5.56 Å². The van der Waals surface area contributed by atoms with E-state index < -0.39 is 0 Å². The first-order valence-electron chi connectivity index (χ1n) is 8.21. The molecule has 1 aliphatic rings. The van der Waals surface area contributed by atoms with Crippen molar-refractivity contribution in [3.63, 3.8) is 0 Å². The number of anilines is 1. The van der Waals surface area contributed by atoms with Gasteiger partial charge in [0.05, 0.1) is 16.7 Å². The molecule has 0 aliphatic carbocycles. The Morgan fingerprint density at radius 2 is 1.92 bits per heavy atom. The number of halogens is 2. The molecule has 4 nitrogen and oxygen atoms in total. The maximum atomic E-state index is 13.3. The van der Waals surface area contributed by atoms with Gasteiger partial charge in [0.15, 0.2) is 0 Å². The number of nitriles is 1. The van der Waals surface area contributed by atoms with Gasteiger partial charge >= 0.3 is 0 Å². The summed E-state index contributed by atoms with van der Waals surface area (Å²) in [6.45, 7) is 4.97. The minimum absolute atomic E-state index is 0.160. The van der Waals surface area contributed by atoms with Crippen molar-refractivity contribution >= 4 is 17.3 Å². The molecular formula is C19H19ClFN3O. The number of nitrogens with zero attached hydrogens (tertiary/aromatic N) is 3. The Labute approximate surface area is 152 Å². The van der Waals surface area contributed by atoms with Gasteiger partial charge in [-0.05, 0) is 36.4 Å². The zero-order valence-electron chi connectivity index (χ0n) is 13.8. The van der Waals surface area contributed by atoms with Crippen molar-refractivity contribution in [3.05, 3.63) is 58.9 Å². The van der Waals surface area contributed by atoms with Crippen LogP contribution in [0.25, 0.3) is 0 Å². The van der Waals surface area contributed by atoms with E-state index in [9.17, 15) is 4.39 Å². The van der Waals surface area contributed by atoms with Gasteiger partial charge in [-0.3, -0.25) is 4.90 Å². The summed E-state index contributed by atoms with van der Waals surface area (Å²) >= 11 is 5.86. The lowest BCUT2D eigenvalue weighted by Gasteiger charge is -2.36. The molecule has 2 aromatic rings. The van der Waals surface area contributed by atoms with Gasteiger partial charge in [0.25, 0.3) is 0 Å². The number of rotatable bonds is 5. The SMILES string of the molecule is N#Cc1cccc(OCCN2CCN(c3ccc(F)c(Cl)c3)CC2)c1. The number of piperazine rings is 1. The zero-order valence-corrected chi connectivity index (χ0v) is 14.5. The highest BCUT2D eigenvalue weighted by Gasteiger charge is 2.17. The van der Waals surface area contributed by atoms with Crippen LogP contribution >= 0.6 is 11.6 Å². The molecule has 2 aromatic carbocycles. The van der Waals surface area contributed by atoms with E-state index in [4.69, 9.17) is 21.6 Å². The van der Waals surface area contributed by atoms with Crippen molar-refractivity contribution in [1.29, 1.82) is 5.26 Å². The van der Waals surface area contributed by atoms with Gasteiger partial charge < -0.3 is 9.64 Å². The van der Waals surface area contributed by atoms with E-state index in [1.807, 2.05) is 12.1 Å². The van der Waals surface area contributed by atoms with Crippen LogP contribution < -0.4 is 9.64 Å². The molecule has 130 valence electrons. The zero-order chi connectivity index (χ0) is 17.6. The Bertz CT molecular complexity index is 770. The second-order valence-corrected chi connectivity index (χ2v) is 6.32. The molecule has 0 bridgehead atoms. The number of hydrogen-bond acceptors (Lipinski definition) is 4. The van der Waals surface area contributed by atoms with E-state index in [0.29, 0.717) is 12.2 Å². The Kier molecular flexibility index (Phi) is 5.75. The third-order valence-electron chi connectivity index (χ3n) is 4.28. The van der Waals surface area contributed by atoms with Crippen LogP contribution in [0.3, 0.4) is 0 Å². The highest BCUT2D eigenvalue weighted by molar-refractivity contribution is 6.31. The van der Waals surface area contributed by atoms with E-state index in [0.717, 1.165) is 44.2 Å². The molecule has 0 spiro atoms. The van der Waals surface area contributed by atoms with Gasteiger partial charge in [0.1, 0.15) is 18.2 Å². The predicted octanol–water partition coefficient (Wildman–Crippen LogP) is 3.55. The molecule has 0 unspecified atom stereocenters. The van der Waals surface area contributed by atoms with Crippen molar-refractivity contribution < 1.29 is 9.13 Å². The summed E-state index contributed by atoms with van der Waals surface area (Å²) in [5, 5.41) is 9.06. The molecule has 25 heavy (non-hydrogen) atoms. The summed E-state index contributed by atoms with van der Waals surface area (Å²) in [6.07, 6.45) is 0. The fourth-order valence-electron chi connectivity index (χ4n) is 2.86. The van der Waals surface area contributed by atoms with Crippen LogP contribution in [0.2, 0.25) is 5.02 Å². The smallest absolute Gasteiger partial charge is 0.141 e. The van der Waals surface area contributed by atoms with E-state index in [2.05, 4.69) is 15.9 Å². The average Bonchev–Trinajstić information content (AvgIpc) is 2.65. The molecule has 0 saturated carbocycles. The fraction of sp³-hybridized carbons (Fsp3) is 0.316. The molecule has 1 fully saturated rings. The second kappa shape index (κ2) is 8.19. The van der Waals surface area contributed by atoms with Crippen molar-refractivity contribution in [2.45, 2.75) is 0 Å². The summed E-state index contributed by atoms with van der Waals surface area (Å²) in [7, 11) is 0. The third-order valence-corrected chi connectivity index (χ3v) is 4.57. The lowest BCUT2D eigenvalue weighted by molar-refractivity contribution is 0.200. The maximum Gasteiger partial charge on any atom is 0.141 e. The Hall–Kier alpha value is -2.29. The first-order valence-corrected chi connectivity index (χ1v) is 8.59. The number of ether oxygens (including phenoxy) is 1. The minimum atomic E-state index is -0.387. The van der Waals surface area contributed by atoms with Gasteiger partial charge in [-0.25, -0.2) is 4.39 Å². The number of hydrogen-bond donors (Lipinski definition) is 0. The number of benzene rings is 2. The topological polar surface area (TPSA) is 39.5 Å². The van der Waals surface area contributed by atoms with Gasteiger partial charge in [0.2, 0.25) is 0 Å². The summed E-state index contributed by atoms with van der Waals surface area (Å²) in [5.41, 5.74) is 1.56. The lowest BCUT2D eigenvalue weighted by atomic mass is 10.2. The highest BCUT2D eigenvalue weighted by atomic mass is 35.5. The normalized spacial score (nSPS) is 15.0. The Morgan fingerprint density at radius 1 is 1.12 bits per heavy atom. The van der Waals surface area contributed by atoms with Crippen LogP contribution in [-0.2, 0) is 0 Å². The Morgan fingerprint density at radius 3 is 2.64 bits per heavy atom. The molecule has 0 aromatic heterocycles. The summed E-state index contributed by atoms with van der Waals surface area (Å²) < 4.78 is 19.0. The highest BCUT2D eigenvalue weighted by Crippen LogP contribution is 2.23. The molecule has 0 radical (unpaired) electrons. The molecule has 1 aliphatic heterocycles. The first-order chi connectivity index (χ1) is 12.2. The monoisotopic (exact) mass is 359 g/mol. The van der Waals surface area contributed by atoms with E-state index in [1.165, 1.54) is 6.07 Å². The maximum absolute atomic E-state index is 13.3. The lowest BCUT2D eigenvalue weighted by Crippen LogP contribution is -2.47. The second-order valence-electron chi connectivity index (χ2n) is 5.92. The van der Waals surface area contributed by atoms with Crippen LogP contribution in [0.15, 0.2) is 42.5 Å². The van der Waals surface area contributed by atoms with Crippen LogP contribution in [0.4, 0.5) is 10.1 Å². The molecule has 1 saturated heterocycles. The van der Waals surface area contributed by atoms with E-state index >= 15 is 0 Å². The summed E-state index contributed by atoms with van der Waals surface area (Å²) in [6, 6.07) is 14.1. The third kappa shape index (κ3) is 4.62. The molecule has 6 heteroatoms. The average molecular weight is 360 g/mol. The summed E-state index contributed by atoms with van der Waals surface area (Å²) in [5.74, 6) is 0.334. The molecule has 0 atom stereocenters. The van der Waals surface area contributed by atoms with Crippen LogP contribution in [0.5, 0.6) is 5.75 Å².